The molecule has 3 N–H and O–H groups in total. The lowest BCUT2D eigenvalue weighted by atomic mass is 10.4. The fourth-order valence-corrected chi connectivity index (χ4v) is 1.06. The van der Waals surface area contributed by atoms with Crippen molar-refractivity contribution in [3.63, 3.8) is 0 Å². The van der Waals surface area contributed by atoms with E-state index in [4.69, 9.17) is 5.11 Å². The molecular formula is C10H17N3O. The molecule has 78 valence electrons. The summed E-state index contributed by atoms with van der Waals surface area (Å²) in [4.78, 5) is 4.12. The minimum Gasteiger partial charge on any atom is -0.392 e. The Morgan fingerprint density at radius 2 is 2.29 bits per heavy atom. The van der Waals surface area contributed by atoms with Crippen molar-refractivity contribution in [2.45, 2.75) is 13.0 Å². The van der Waals surface area contributed by atoms with Crippen LogP contribution in [0.2, 0.25) is 0 Å². The van der Waals surface area contributed by atoms with Crippen LogP contribution in [0.15, 0.2) is 24.4 Å². The van der Waals surface area contributed by atoms with E-state index in [1.54, 1.807) is 13.1 Å². The summed E-state index contributed by atoms with van der Waals surface area (Å²) in [5, 5.41) is 15.3. The lowest BCUT2D eigenvalue weighted by Crippen LogP contribution is -2.29. The Morgan fingerprint density at radius 1 is 1.43 bits per heavy atom. The first kappa shape index (κ1) is 10.9. The van der Waals surface area contributed by atoms with E-state index in [-0.39, 0.29) is 6.10 Å². The molecule has 1 unspecified atom stereocenters. The Balaban J connectivity index is 2.05. The molecule has 0 amide bonds. The van der Waals surface area contributed by atoms with Gasteiger partial charge in [-0.1, -0.05) is 6.07 Å². The summed E-state index contributed by atoms with van der Waals surface area (Å²) < 4.78 is 0. The number of pyridine rings is 1. The summed E-state index contributed by atoms with van der Waals surface area (Å²) in [5.74, 6) is 0.881. The van der Waals surface area contributed by atoms with Gasteiger partial charge in [-0.05, 0) is 19.1 Å². The summed E-state index contributed by atoms with van der Waals surface area (Å²) in [6.07, 6.45) is 1.47. The number of nitrogens with zero attached hydrogens (tertiary/aromatic N) is 1. The molecule has 0 aromatic carbocycles. The summed E-state index contributed by atoms with van der Waals surface area (Å²) in [7, 11) is 0. The highest BCUT2D eigenvalue weighted by Gasteiger charge is 1.93. The first-order chi connectivity index (χ1) is 6.79. The van der Waals surface area contributed by atoms with Crippen molar-refractivity contribution in [1.82, 2.24) is 10.3 Å². The lowest BCUT2D eigenvalue weighted by molar-refractivity contribution is 0.192. The van der Waals surface area contributed by atoms with Crippen LogP contribution in [0, 0.1) is 0 Å². The fraction of sp³-hybridized carbons (Fsp3) is 0.500. The number of anilines is 1. The number of aromatic nitrogens is 1. The zero-order valence-corrected chi connectivity index (χ0v) is 8.40. The van der Waals surface area contributed by atoms with Gasteiger partial charge >= 0.3 is 0 Å². The van der Waals surface area contributed by atoms with Crippen LogP contribution in [0.25, 0.3) is 0 Å². The number of aliphatic hydroxyl groups excluding tert-OH is 1. The van der Waals surface area contributed by atoms with E-state index in [9.17, 15) is 0 Å². The van der Waals surface area contributed by atoms with Crippen molar-refractivity contribution in [2.75, 3.05) is 25.0 Å². The Bertz CT molecular complexity index is 238. The van der Waals surface area contributed by atoms with Gasteiger partial charge < -0.3 is 15.7 Å². The van der Waals surface area contributed by atoms with Crippen LogP contribution >= 0.6 is 0 Å². The van der Waals surface area contributed by atoms with Crippen molar-refractivity contribution in [1.29, 1.82) is 0 Å². The fourth-order valence-electron chi connectivity index (χ4n) is 1.06. The SMILES string of the molecule is CC(O)CNCCNc1ccccn1. The molecule has 1 atom stereocenters. The zero-order valence-electron chi connectivity index (χ0n) is 8.40. The number of hydrogen-bond donors (Lipinski definition) is 3. The second-order valence-corrected chi connectivity index (χ2v) is 3.19. The van der Waals surface area contributed by atoms with Gasteiger partial charge in [-0.15, -0.1) is 0 Å². The summed E-state index contributed by atoms with van der Waals surface area (Å²) in [6.45, 7) is 4.02. The molecule has 0 spiro atoms. The molecule has 1 aromatic rings. The normalized spacial score (nSPS) is 12.4. The highest BCUT2D eigenvalue weighted by molar-refractivity contribution is 5.32. The summed E-state index contributed by atoms with van der Waals surface area (Å²) in [5.41, 5.74) is 0. The summed E-state index contributed by atoms with van der Waals surface area (Å²) >= 11 is 0. The van der Waals surface area contributed by atoms with Gasteiger partial charge in [0.05, 0.1) is 6.10 Å². The van der Waals surface area contributed by atoms with Crippen LogP contribution in [0.4, 0.5) is 5.82 Å². The van der Waals surface area contributed by atoms with E-state index in [0.717, 1.165) is 18.9 Å². The average molecular weight is 195 g/mol. The first-order valence-corrected chi connectivity index (χ1v) is 4.82. The van der Waals surface area contributed by atoms with Crippen LogP contribution in [0.3, 0.4) is 0 Å². The van der Waals surface area contributed by atoms with Gasteiger partial charge in [0, 0.05) is 25.8 Å². The van der Waals surface area contributed by atoms with Gasteiger partial charge in [0.25, 0.3) is 0 Å². The highest BCUT2D eigenvalue weighted by Crippen LogP contribution is 1.97. The van der Waals surface area contributed by atoms with E-state index in [1.165, 1.54) is 0 Å². The monoisotopic (exact) mass is 195 g/mol. The van der Waals surface area contributed by atoms with E-state index >= 15 is 0 Å². The molecule has 0 aliphatic carbocycles. The molecule has 0 aliphatic heterocycles. The van der Waals surface area contributed by atoms with Crippen molar-refractivity contribution in [3.05, 3.63) is 24.4 Å². The molecule has 1 heterocycles. The predicted octanol–water partition coefficient (Wildman–Crippen LogP) is 0.464. The quantitative estimate of drug-likeness (QED) is 0.577. The van der Waals surface area contributed by atoms with Crippen molar-refractivity contribution < 1.29 is 5.11 Å². The maximum Gasteiger partial charge on any atom is 0.125 e. The third-order valence-corrected chi connectivity index (χ3v) is 1.71. The average Bonchev–Trinajstić information content (AvgIpc) is 2.18. The van der Waals surface area contributed by atoms with Gasteiger partial charge in [-0.3, -0.25) is 0 Å². The Hall–Kier alpha value is -1.13. The maximum absolute atomic E-state index is 8.97. The van der Waals surface area contributed by atoms with Crippen molar-refractivity contribution in [3.8, 4) is 0 Å². The molecule has 14 heavy (non-hydrogen) atoms. The van der Waals surface area contributed by atoms with Crippen molar-refractivity contribution >= 4 is 5.82 Å². The Labute approximate surface area is 84.4 Å². The van der Waals surface area contributed by atoms with Gasteiger partial charge in [0.2, 0.25) is 0 Å². The maximum atomic E-state index is 8.97. The molecule has 0 saturated carbocycles. The molecule has 0 radical (unpaired) electrons. The van der Waals surface area contributed by atoms with E-state index in [1.807, 2.05) is 18.2 Å². The van der Waals surface area contributed by atoms with Gasteiger partial charge in [-0.2, -0.15) is 0 Å². The minimum atomic E-state index is -0.287. The number of nitrogens with one attached hydrogen (secondary N) is 2. The Kier molecular flexibility index (Phi) is 4.96. The van der Waals surface area contributed by atoms with E-state index < -0.39 is 0 Å². The van der Waals surface area contributed by atoms with Crippen LogP contribution in [0.1, 0.15) is 6.92 Å². The molecular weight excluding hydrogens is 178 g/mol. The topological polar surface area (TPSA) is 57.2 Å². The van der Waals surface area contributed by atoms with Gasteiger partial charge in [0.15, 0.2) is 0 Å². The Morgan fingerprint density at radius 3 is 2.93 bits per heavy atom. The molecule has 0 bridgehead atoms. The zero-order chi connectivity index (χ0) is 10.2. The molecule has 0 aliphatic rings. The number of aliphatic hydroxyl groups is 1. The number of rotatable bonds is 6. The molecule has 0 fully saturated rings. The standard InChI is InChI=1S/C10H17N3O/c1-9(14)8-11-6-7-13-10-4-2-3-5-12-10/h2-5,9,11,14H,6-8H2,1H3,(H,12,13). The highest BCUT2D eigenvalue weighted by atomic mass is 16.3. The van der Waals surface area contributed by atoms with Gasteiger partial charge in [-0.25, -0.2) is 4.98 Å². The predicted molar refractivity (Wildman–Crippen MR) is 57.3 cm³/mol. The molecule has 4 heteroatoms. The molecule has 1 aromatic heterocycles. The lowest BCUT2D eigenvalue weighted by Gasteiger charge is -2.07. The van der Waals surface area contributed by atoms with Gasteiger partial charge in [0.1, 0.15) is 5.82 Å². The second-order valence-electron chi connectivity index (χ2n) is 3.19. The van der Waals surface area contributed by atoms with Crippen LogP contribution in [-0.4, -0.2) is 35.8 Å². The largest absolute Gasteiger partial charge is 0.392 e. The smallest absolute Gasteiger partial charge is 0.125 e. The van der Waals surface area contributed by atoms with E-state index in [0.29, 0.717) is 6.54 Å². The van der Waals surface area contributed by atoms with Crippen LogP contribution in [0.5, 0.6) is 0 Å². The molecule has 4 nitrogen and oxygen atoms in total. The minimum absolute atomic E-state index is 0.287. The molecule has 0 saturated heterocycles. The van der Waals surface area contributed by atoms with Crippen LogP contribution in [-0.2, 0) is 0 Å². The number of hydrogen-bond acceptors (Lipinski definition) is 4. The third kappa shape index (κ3) is 4.79. The first-order valence-electron chi connectivity index (χ1n) is 4.82. The molecule has 1 rings (SSSR count). The second kappa shape index (κ2) is 6.34. The summed E-state index contributed by atoms with van der Waals surface area (Å²) in [6, 6.07) is 5.75. The van der Waals surface area contributed by atoms with E-state index in [2.05, 4.69) is 15.6 Å². The van der Waals surface area contributed by atoms with Crippen molar-refractivity contribution in [2.24, 2.45) is 0 Å². The van der Waals surface area contributed by atoms with Crippen LogP contribution < -0.4 is 10.6 Å². The third-order valence-electron chi connectivity index (χ3n) is 1.71.